The molecule has 0 heterocycles. The molecule has 0 atom stereocenters. The number of nitrogens with one attached hydrogen (secondary N) is 2. The van der Waals surface area contributed by atoms with Crippen molar-refractivity contribution in [2.45, 2.75) is 39.0 Å². The van der Waals surface area contributed by atoms with Crippen LogP contribution in [-0.4, -0.2) is 19.1 Å². The van der Waals surface area contributed by atoms with Crippen LogP contribution >= 0.6 is 0 Å². The second kappa shape index (κ2) is 11.1. The van der Waals surface area contributed by atoms with Crippen LogP contribution in [0.1, 0.15) is 39.0 Å². The molecule has 0 bridgehead atoms. The molecule has 0 spiro atoms. The van der Waals surface area contributed by atoms with Crippen LogP contribution in [0.5, 0.6) is 5.75 Å². The van der Waals surface area contributed by atoms with Crippen LogP contribution in [0.3, 0.4) is 0 Å². The Labute approximate surface area is 154 Å². The van der Waals surface area contributed by atoms with Crippen LogP contribution < -0.4 is 15.4 Å². The summed E-state index contributed by atoms with van der Waals surface area (Å²) in [6.07, 6.45) is 6.02. The van der Waals surface area contributed by atoms with E-state index in [1.807, 2.05) is 12.1 Å². The van der Waals surface area contributed by atoms with E-state index in [4.69, 9.17) is 4.74 Å². The fourth-order valence-corrected chi connectivity index (χ4v) is 2.52. The number of hydrogen-bond donors (Lipinski definition) is 2. The van der Waals surface area contributed by atoms with Gasteiger partial charge in [0.2, 0.25) is 5.91 Å². The zero-order valence-corrected chi connectivity index (χ0v) is 15.3. The third-order valence-electron chi connectivity index (χ3n) is 3.97. The van der Waals surface area contributed by atoms with E-state index in [9.17, 15) is 9.18 Å². The van der Waals surface area contributed by atoms with Crippen LogP contribution in [0.25, 0.3) is 0 Å². The number of anilines is 2. The Morgan fingerprint density at radius 2 is 1.73 bits per heavy atom. The van der Waals surface area contributed by atoms with Crippen molar-refractivity contribution >= 4 is 17.3 Å². The number of hydrogen-bond acceptors (Lipinski definition) is 3. The fourth-order valence-electron chi connectivity index (χ4n) is 2.52. The summed E-state index contributed by atoms with van der Waals surface area (Å²) >= 11 is 0. The molecular formula is C21H27FN2O2. The van der Waals surface area contributed by atoms with Crippen molar-refractivity contribution in [2.24, 2.45) is 0 Å². The summed E-state index contributed by atoms with van der Waals surface area (Å²) in [5.41, 5.74) is 0.992. The molecule has 26 heavy (non-hydrogen) atoms. The molecule has 2 rings (SSSR count). The first-order chi connectivity index (χ1) is 12.7. The van der Waals surface area contributed by atoms with Gasteiger partial charge in [0.1, 0.15) is 11.6 Å². The smallest absolute Gasteiger partial charge is 0.243 e. The second-order valence-electron chi connectivity index (χ2n) is 6.17. The van der Waals surface area contributed by atoms with E-state index >= 15 is 0 Å². The number of benzene rings is 2. The predicted molar refractivity (Wildman–Crippen MR) is 104 cm³/mol. The molecule has 1 amide bonds. The highest BCUT2D eigenvalue weighted by atomic mass is 19.1. The molecule has 2 aromatic carbocycles. The number of carbonyl (C=O) groups is 1. The summed E-state index contributed by atoms with van der Waals surface area (Å²) in [5, 5.41) is 5.55. The summed E-state index contributed by atoms with van der Waals surface area (Å²) in [4.78, 5) is 12.0. The number of para-hydroxylation sites is 1. The molecule has 0 radical (unpaired) electrons. The molecule has 0 aromatic heterocycles. The van der Waals surface area contributed by atoms with Crippen molar-refractivity contribution < 1.29 is 13.9 Å². The molecule has 0 saturated heterocycles. The number of halogens is 1. The number of rotatable bonds is 11. The lowest BCUT2D eigenvalue weighted by molar-refractivity contribution is -0.114. The van der Waals surface area contributed by atoms with E-state index in [1.165, 1.54) is 31.7 Å². The lowest BCUT2D eigenvalue weighted by atomic mass is 10.2. The van der Waals surface area contributed by atoms with E-state index in [-0.39, 0.29) is 18.3 Å². The monoisotopic (exact) mass is 358 g/mol. The van der Waals surface area contributed by atoms with Crippen molar-refractivity contribution in [3.05, 3.63) is 54.3 Å². The Bertz CT molecular complexity index is 674. The minimum absolute atomic E-state index is 0.00303. The zero-order chi connectivity index (χ0) is 18.6. The lowest BCUT2D eigenvalue weighted by Crippen LogP contribution is -2.22. The van der Waals surface area contributed by atoms with Gasteiger partial charge >= 0.3 is 0 Å². The molecule has 0 saturated carbocycles. The average Bonchev–Trinajstić information content (AvgIpc) is 2.65. The molecule has 0 unspecified atom stereocenters. The van der Waals surface area contributed by atoms with E-state index in [0.29, 0.717) is 18.0 Å². The first-order valence-corrected chi connectivity index (χ1v) is 9.20. The third-order valence-corrected chi connectivity index (χ3v) is 3.97. The minimum atomic E-state index is -0.378. The van der Waals surface area contributed by atoms with Gasteiger partial charge in [-0.3, -0.25) is 4.79 Å². The van der Waals surface area contributed by atoms with Gasteiger partial charge in [0.15, 0.2) is 0 Å². The number of carbonyl (C=O) groups excluding carboxylic acids is 1. The molecular weight excluding hydrogens is 331 g/mol. The summed E-state index contributed by atoms with van der Waals surface area (Å²) in [6.45, 7) is 2.91. The highest BCUT2D eigenvalue weighted by molar-refractivity contribution is 5.93. The Morgan fingerprint density at radius 3 is 2.46 bits per heavy atom. The van der Waals surface area contributed by atoms with Crippen molar-refractivity contribution in [1.29, 1.82) is 0 Å². The fraction of sp³-hybridized carbons (Fsp3) is 0.381. The molecule has 140 valence electrons. The summed E-state index contributed by atoms with van der Waals surface area (Å²) < 4.78 is 19.2. The van der Waals surface area contributed by atoms with Crippen molar-refractivity contribution in [3.8, 4) is 5.75 Å². The summed E-state index contributed by atoms with van der Waals surface area (Å²) in [5.74, 6) is 0.178. The van der Waals surface area contributed by atoms with E-state index < -0.39 is 0 Å². The van der Waals surface area contributed by atoms with E-state index in [2.05, 4.69) is 17.6 Å². The first kappa shape index (κ1) is 19.8. The van der Waals surface area contributed by atoms with Gasteiger partial charge in [0, 0.05) is 5.69 Å². The number of unbranched alkanes of at least 4 members (excludes halogenated alkanes) is 4. The zero-order valence-electron chi connectivity index (χ0n) is 15.3. The number of amides is 1. The third kappa shape index (κ3) is 7.13. The Balaban J connectivity index is 1.69. The Kier molecular flexibility index (Phi) is 8.46. The maximum Gasteiger partial charge on any atom is 0.243 e. The van der Waals surface area contributed by atoms with Crippen LogP contribution in [0.4, 0.5) is 15.8 Å². The SMILES string of the molecule is CCCCCCCOc1ccc(NC(=O)CNc2ccccc2F)cc1. The van der Waals surface area contributed by atoms with Gasteiger partial charge in [0.25, 0.3) is 0 Å². The minimum Gasteiger partial charge on any atom is -0.494 e. The largest absolute Gasteiger partial charge is 0.494 e. The van der Waals surface area contributed by atoms with Crippen LogP contribution in [-0.2, 0) is 4.79 Å². The molecule has 0 aliphatic heterocycles. The highest BCUT2D eigenvalue weighted by Crippen LogP contribution is 2.17. The van der Waals surface area contributed by atoms with Gasteiger partial charge in [-0.2, -0.15) is 0 Å². The van der Waals surface area contributed by atoms with Gasteiger partial charge in [-0.1, -0.05) is 44.7 Å². The quantitative estimate of drug-likeness (QED) is 0.541. The van der Waals surface area contributed by atoms with E-state index in [1.54, 1.807) is 30.3 Å². The first-order valence-electron chi connectivity index (χ1n) is 9.20. The number of ether oxygens (including phenoxy) is 1. The second-order valence-corrected chi connectivity index (χ2v) is 6.17. The van der Waals surface area contributed by atoms with Gasteiger partial charge < -0.3 is 15.4 Å². The highest BCUT2D eigenvalue weighted by Gasteiger charge is 2.05. The molecule has 0 fully saturated rings. The van der Waals surface area contributed by atoms with E-state index in [0.717, 1.165) is 12.2 Å². The normalized spacial score (nSPS) is 10.4. The van der Waals surface area contributed by atoms with Crippen LogP contribution in [0, 0.1) is 5.82 Å². The molecule has 5 heteroatoms. The maximum atomic E-state index is 13.5. The average molecular weight is 358 g/mol. The molecule has 4 nitrogen and oxygen atoms in total. The summed E-state index contributed by atoms with van der Waals surface area (Å²) in [7, 11) is 0. The molecule has 2 aromatic rings. The predicted octanol–water partition coefficient (Wildman–Crippen LogP) is 5.23. The van der Waals surface area contributed by atoms with Crippen molar-refractivity contribution in [2.75, 3.05) is 23.8 Å². The molecule has 2 N–H and O–H groups in total. The van der Waals surface area contributed by atoms with Crippen LogP contribution in [0.15, 0.2) is 48.5 Å². The topological polar surface area (TPSA) is 50.4 Å². The van der Waals surface area contributed by atoms with Gasteiger partial charge in [-0.05, 0) is 42.8 Å². The van der Waals surface area contributed by atoms with Crippen LogP contribution in [0.2, 0.25) is 0 Å². The van der Waals surface area contributed by atoms with Gasteiger partial charge in [-0.15, -0.1) is 0 Å². The lowest BCUT2D eigenvalue weighted by Gasteiger charge is -2.10. The molecule has 0 aliphatic rings. The van der Waals surface area contributed by atoms with Gasteiger partial charge in [0.05, 0.1) is 18.8 Å². The maximum absolute atomic E-state index is 13.5. The van der Waals surface area contributed by atoms with Crippen molar-refractivity contribution in [3.63, 3.8) is 0 Å². The Hall–Kier alpha value is -2.56. The Morgan fingerprint density at radius 1 is 1.00 bits per heavy atom. The molecule has 0 aliphatic carbocycles. The van der Waals surface area contributed by atoms with Gasteiger partial charge in [-0.25, -0.2) is 4.39 Å². The summed E-state index contributed by atoms with van der Waals surface area (Å²) in [6, 6.07) is 13.5. The van der Waals surface area contributed by atoms with Crippen molar-refractivity contribution in [1.82, 2.24) is 0 Å². The standard InChI is InChI=1S/C21H27FN2O2/c1-2-3-4-5-8-15-26-18-13-11-17(12-14-18)24-21(25)16-23-20-10-7-6-9-19(20)22/h6-7,9-14,23H,2-5,8,15-16H2,1H3,(H,24,25).